The molecular formula is C30H35Cl2N3O5S. The van der Waals surface area contributed by atoms with Gasteiger partial charge in [-0.1, -0.05) is 60.5 Å². The Kier molecular flexibility index (Phi) is 10.7. The summed E-state index contributed by atoms with van der Waals surface area (Å²) in [6, 6.07) is 18.4. The molecule has 0 unspecified atom stereocenters. The van der Waals surface area contributed by atoms with Crippen molar-refractivity contribution >= 4 is 50.7 Å². The van der Waals surface area contributed by atoms with Crippen molar-refractivity contribution in [3.05, 3.63) is 88.4 Å². The molecule has 3 rings (SSSR count). The lowest BCUT2D eigenvalue weighted by Crippen LogP contribution is -2.55. The van der Waals surface area contributed by atoms with Crippen molar-refractivity contribution in [3.8, 4) is 5.75 Å². The SMILES string of the molecule is CC[C@@H](C(=O)NC(C)(C)C)N(Cc1ccc(Cl)c(Cl)c1)C(=O)CN(c1cccc(OC)c1)S(=O)(=O)c1ccccc1. The van der Waals surface area contributed by atoms with Gasteiger partial charge in [0.15, 0.2) is 0 Å². The fourth-order valence-electron chi connectivity index (χ4n) is 4.22. The minimum Gasteiger partial charge on any atom is -0.497 e. The molecule has 0 aromatic heterocycles. The molecule has 0 saturated heterocycles. The van der Waals surface area contributed by atoms with Crippen LogP contribution in [-0.4, -0.2) is 50.4 Å². The molecule has 1 atom stereocenters. The van der Waals surface area contributed by atoms with E-state index < -0.39 is 34.1 Å². The lowest BCUT2D eigenvalue weighted by atomic mass is 10.1. The molecule has 3 aromatic rings. The smallest absolute Gasteiger partial charge is 0.264 e. The first-order chi connectivity index (χ1) is 19.3. The summed E-state index contributed by atoms with van der Waals surface area (Å²) in [4.78, 5) is 28.9. The molecule has 0 fully saturated rings. The summed E-state index contributed by atoms with van der Waals surface area (Å²) in [6.45, 7) is 6.77. The van der Waals surface area contributed by atoms with Crippen LogP contribution in [0.4, 0.5) is 5.69 Å². The number of nitrogens with one attached hydrogen (secondary N) is 1. The molecular weight excluding hydrogens is 585 g/mol. The summed E-state index contributed by atoms with van der Waals surface area (Å²) < 4.78 is 34.1. The fraction of sp³-hybridized carbons (Fsp3) is 0.333. The highest BCUT2D eigenvalue weighted by atomic mass is 35.5. The topological polar surface area (TPSA) is 96.0 Å². The molecule has 8 nitrogen and oxygen atoms in total. The molecule has 0 saturated carbocycles. The molecule has 0 spiro atoms. The van der Waals surface area contributed by atoms with E-state index in [-0.39, 0.29) is 23.0 Å². The number of hydrogen-bond donors (Lipinski definition) is 1. The number of rotatable bonds is 11. The van der Waals surface area contributed by atoms with Crippen molar-refractivity contribution in [2.75, 3.05) is 18.0 Å². The lowest BCUT2D eigenvalue weighted by Gasteiger charge is -2.35. The van der Waals surface area contributed by atoms with Crippen LogP contribution in [0.15, 0.2) is 77.7 Å². The zero-order valence-corrected chi connectivity index (χ0v) is 26.1. The van der Waals surface area contributed by atoms with Gasteiger partial charge in [0, 0.05) is 18.2 Å². The molecule has 11 heteroatoms. The summed E-state index contributed by atoms with van der Waals surface area (Å²) >= 11 is 12.3. The van der Waals surface area contributed by atoms with Crippen LogP contribution in [-0.2, 0) is 26.2 Å². The first-order valence-electron chi connectivity index (χ1n) is 13.0. The van der Waals surface area contributed by atoms with Gasteiger partial charge in [-0.3, -0.25) is 13.9 Å². The van der Waals surface area contributed by atoms with Crippen molar-refractivity contribution in [1.82, 2.24) is 10.2 Å². The normalized spacial score (nSPS) is 12.4. The summed E-state index contributed by atoms with van der Waals surface area (Å²) in [5.74, 6) is -0.506. The number of carbonyl (C=O) groups is 2. The number of ether oxygens (including phenoxy) is 1. The van der Waals surface area contributed by atoms with Crippen molar-refractivity contribution in [1.29, 1.82) is 0 Å². The molecule has 3 aromatic carbocycles. The van der Waals surface area contributed by atoms with Gasteiger partial charge in [-0.05, 0) is 69.2 Å². The quantitative estimate of drug-likeness (QED) is 0.287. The van der Waals surface area contributed by atoms with E-state index >= 15 is 0 Å². The summed E-state index contributed by atoms with van der Waals surface area (Å²) in [5.41, 5.74) is 0.323. The number of anilines is 1. The molecule has 220 valence electrons. The standard InChI is InChI=1S/C30H35Cl2N3O5S/c1-6-27(29(37)33-30(2,3)4)34(19-21-15-16-25(31)26(32)17-21)28(36)20-35(22-11-10-12-23(18-22)40-5)41(38,39)24-13-8-7-9-14-24/h7-18,27H,6,19-20H2,1-5H3,(H,33,37)/t27-/m0/s1. The zero-order valence-electron chi connectivity index (χ0n) is 23.7. The molecule has 0 heterocycles. The largest absolute Gasteiger partial charge is 0.497 e. The maximum Gasteiger partial charge on any atom is 0.264 e. The fourth-order valence-corrected chi connectivity index (χ4v) is 5.97. The van der Waals surface area contributed by atoms with E-state index in [1.54, 1.807) is 67.6 Å². The Morgan fingerprint density at radius 3 is 2.22 bits per heavy atom. The van der Waals surface area contributed by atoms with Crippen LogP contribution in [0.5, 0.6) is 5.75 Å². The Bertz CT molecular complexity index is 1480. The number of halogens is 2. The number of benzene rings is 3. The van der Waals surface area contributed by atoms with Gasteiger partial charge >= 0.3 is 0 Å². The van der Waals surface area contributed by atoms with Gasteiger partial charge in [-0.25, -0.2) is 8.42 Å². The molecule has 0 bridgehead atoms. The van der Waals surface area contributed by atoms with Crippen LogP contribution >= 0.6 is 23.2 Å². The molecule has 0 aliphatic rings. The third-order valence-electron chi connectivity index (χ3n) is 6.17. The van der Waals surface area contributed by atoms with E-state index in [0.29, 0.717) is 27.8 Å². The second-order valence-corrected chi connectivity index (χ2v) is 13.1. The van der Waals surface area contributed by atoms with Gasteiger partial charge in [0.05, 0.1) is 27.7 Å². The van der Waals surface area contributed by atoms with Crippen LogP contribution < -0.4 is 14.4 Å². The molecule has 0 aliphatic heterocycles. The van der Waals surface area contributed by atoms with E-state index in [4.69, 9.17) is 27.9 Å². The summed E-state index contributed by atoms with van der Waals surface area (Å²) in [7, 11) is -2.71. The molecule has 0 aliphatic carbocycles. The van der Waals surface area contributed by atoms with Crippen molar-refractivity contribution in [2.24, 2.45) is 0 Å². The minimum atomic E-state index is -4.18. The van der Waals surface area contributed by atoms with E-state index in [1.807, 2.05) is 20.8 Å². The Morgan fingerprint density at radius 1 is 0.951 bits per heavy atom. The van der Waals surface area contributed by atoms with Crippen LogP contribution in [0.3, 0.4) is 0 Å². The van der Waals surface area contributed by atoms with Crippen LogP contribution in [0.1, 0.15) is 39.7 Å². The minimum absolute atomic E-state index is 0.00310. The average molecular weight is 621 g/mol. The second-order valence-electron chi connectivity index (χ2n) is 10.5. The van der Waals surface area contributed by atoms with Crippen LogP contribution in [0, 0.1) is 0 Å². The Hall–Kier alpha value is -3.27. The highest BCUT2D eigenvalue weighted by Gasteiger charge is 2.34. The molecule has 2 amide bonds. The predicted molar refractivity (Wildman–Crippen MR) is 163 cm³/mol. The third-order valence-corrected chi connectivity index (χ3v) is 8.70. The average Bonchev–Trinajstić information content (AvgIpc) is 2.92. The van der Waals surface area contributed by atoms with Crippen molar-refractivity contribution < 1.29 is 22.7 Å². The number of hydrogen-bond acceptors (Lipinski definition) is 5. The van der Waals surface area contributed by atoms with Gasteiger partial charge in [-0.15, -0.1) is 0 Å². The second kappa shape index (κ2) is 13.6. The van der Waals surface area contributed by atoms with Gasteiger partial charge in [0.25, 0.3) is 10.0 Å². The Morgan fingerprint density at radius 2 is 1.63 bits per heavy atom. The lowest BCUT2D eigenvalue weighted by molar-refractivity contribution is -0.141. The number of carbonyl (C=O) groups excluding carboxylic acids is 2. The van der Waals surface area contributed by atoms with Crippen LogP contribution in [0.25, 0.3) is 0 Å². The van der Waals surface area contributed by atoms with Gasteiger partial charge in [0.1, 0.15) is 18.3 Å². The number of methoxy groups -OCH3 is 1. The van der Waals surface area contributed by atoms with Gasteiger partial charge in [-0.2, -0.15) is 0 Å². The van der Waals surface area contributed by atoms with E-state index in [9.17, 15) is 18.0 Å². The zero-order chi connectivity index (χ0) is 30.4. The monoisotopic (exact) mass is 619 g/mol. The molecule has 41 heavy (non-hydrogen) atoms. The van der Waals surface area contributed by atoms with Crippen LogP contribution in [0.2, 0.25) is 10.0 Å². The molecule has 1 N–H and O–H groups in total. The van der Waals surface area contributed by atoms with Gasteiger partial charge in [0.2, 0.25) is 11.8 Å². The molecule has 0 radical (unpaired) electrons. The van der Waals surface area contributed by atoms with E-state index in [0.717, 1.165) is 4.31 Å². The van der Waals surface area contributed by atoms with Gasteiger partial charge < -0.3 is 15.0 Å². The Balaban J connectivity index is 2.09. The summed E-state index contributed by atoms with van der Waals surface area (Å²) in [6.07, 6.45) is 0.291. The number of nitrogens with zero attached hydrogens (tertiary/aromatic N) is 2. The Labute approximate surface area is 252 Å². The highest BCUT2D eigenvalue weighted by molar-refractivity contribution is 7.92. The maximum absolute atomic E-state index is 14.1. The van der Waals surface area contributed by atoms with E-state index in [2.05, 4.69) is 5.32 Å². The van der Waals surface area contributed by atoms with E-state index in [1.165, 1.54) is 24.1 Å². The first kappa shape index (κ1) is 32.2. The maximum atomic E-state index is 14.1. The summed E-state index contributed by atoms with van der Waals surface area (Å²) in [5, 5.41) is 3.59. The highest BCUT2D eigenvalue weighted by Crippen LogP contribution is 2.28. The third kappa shape index (κ3) is 8.38. The first-order valence-corrected chi connectivity index (χ1v) is 15.2. The van der Waals surface area contributed by atoms with Crippen molar-refractivity contribution in [2.45, 2.75) is 57.1 Å². The number of sulfonamides is 1. The van der Waals surface area contributed by atoms with Crippen molar-refractivity contribution in [3.63, 3.8) is 0 Å². The predicted octanol–water partition coefficient (Wildman–Crippen LogP) is 5.92. The number of amides is 2.